The van der Waals surface area contributed by atoms with E-state index >= 15 is 0 Å². The molecular formula is C9H15N4O2+. The molecule has 82 valence electrons. The van der Waals surface area contributed by atoms with E-state index in [9.17, 15) is 9.59 Å². The lowest BCUT2D eigenvalue weighted by Gasteiger charge is -2.20. The van der Waals surface area contributed by atoms with Crippen LogP contribution in [0.4, 0.5) is 0 Å². The van der Waals surface area contributed by atoms with Crippen molar-refractivity contribution in [2.24, 2.45) is 0 Å². The summed E-state index contributed by atoms with van der Waals surface area (Å²) in [5.74, 6) is -0.0731. The van der Waals surface area contributed by atoms with Gasteiger partial charge in [-0.25, -0.2) is 0 Å². The standard InChI is InChI=1S/C9H14N4O2/c1-11-4-6(14)13(3)8-7(9(11)15)12(2)5-10-8/h5,7-8H,4H2,1-3H3/p+1/t7-,8-/m1/s1. The molecule has 0 aromatic rings. The Morgan fingerprint density at radius 3 is 2.80 bits per heavy atom. The highest BCUT2D eigenvalue weighted by Crippen LogP contribution is 2.14. The van der Waals surface area contributed by atoms with Crippen molar-refractivity contribution in [1.82, 2.24) is 15.1 Å². The number of hydrogen-bond acceptors (Lipinski definition) is 3. The van der Waals surface area contributed by atoms with Gasteiger partial charge < -0.3 is 9.80 Å². The van der Waals surface area contributed by atoms with Crippen molar-refractivity contribution in [3.05, 3.63) is 0 Å². The van der Waals surface area contributed by atoms with Crippen molar-refractivity contribution < 1.29 is 14.2 Å². The zero-order valence-corrected chi connectivity index (χ0v) is 9.10. The van der Waals surface area contributed by atoms with E-state index in [1.54, 1.807) is 29.9 Å². The van der Waals surface area contributed by atoms with Crippen LogP contribution in [0.25, 0.3) is 0 Å². The fourth-order valence-electron chi connectivity index (χ4n) is 1.99. The molecule has 0 spiro atoms. The molecule has 2 aliphatic rings. The minimum absolute atomic E-state index is 0.0264. The van der Waals surface area contributed by atoms with Gasteiger partial charge in [-0.2, -0.15) is 0 Å². The highest BCUT2D eigenvalue weighted by molar-refractivity contribution is 5.91. The van der Waals surface area contributed by atoms with E-state index < -0.39 is 0 Å². The fraction of sp³-hybridized carbons (Fsp3) is 0.667. The molecule has 0 saturated carbocycles. The van der Waals surface area contributed by atoms with Crippen LogP contribution in [0, 0.1) is 0 Å². The molecule has 0 aromatic carbocycles. The molecule has 0 aliphatic carbocycles. The second kappa shape index (κ2) is 3.22. The van der Waals surface area contributed by atoms with Gasteiger partial charge in [0.25, 0.3) is 5.91 Å². The lowest BCUT2D eigenvalue weighted by molar-refractivity contribution is -0.516. The van der Waals surface area contributed by atoms with Gasteiger partial charge in [0.2, 0.25) is 24.5 Å². The molecule has 1 saturated heterocycles. The number of hydrogen-bond donors (Lipinski definition) is 1. The predicted octanol–water partition coefficient (Wildman–Crippen LogP) is -2.11. The van der Waals surface area contributed by atoms with Crippen molar-refractivity contribution >= 4 is 18.2 Å². The van der Waals surface area contributed by atoms with Gasteiger partial charge in [0.1, 0.15) is 0 Å². The Bertz CT molecular complexity index is 352. The van der Waals surface area contributed by atoms with E-state index in [1.165, 1.54) is 4.90 Å². The van der Waals surface area contributed by atoms with Gasteiger partial charge in [-0.1, -0.05) is 0 Å². The second-order valence-electron chi connectivity index (χ2n) is 4.05. The summed E-state index contributed by atoms with van der Waals surface area (Å²) in [7, 11) is 5.20. The lowest BCUT2D eigenvalue weighted by atomic mass is 10.2. The first-order valence-electron chi connectivity index (χ1n) is 4.84. The third-order valence-electron chi connectivity index (χ3n) is 3.00. The van der Waals surface area contributed by atoms with Crippen LogP contribution in [0.1, 0.15) is 0 Å². The van der Waals surface area contributed by atoms with Gasteiger partial charge in [-0.15, -0.1) is 0 Å². The number of amides is 2. The van der Waals surface area contributed by atoms with E-state index in [0.29, 0.717) is 0 Å². The highest BCUT2D eigenvalue weighted by Gasteiger charge is 2.47. The molecule has 0 aromatic heterocycles. The van der Waals surface area contributed by atoms with Gasteiger partial charge >= 0.3 is 0 Å². The van der Waals surface area contributed by atoms with Crippen LogP contribution in [-0.4, -0.2) is 72.4 Å². The molecule has 2 aliphatic heterocycles. The highest BCUT2D eigenvalue weighted by atomic mass is 16.2. The summed E-state index contributed by atoms with van der Waals surface area (Å²) in [6.45, 7) is 0.151. The van der Waals surface area contributed by atoms with Gasteiger partial charge in [0, 0.05) is 14.1 Å². The van der Waals surface area contributed by atoms with Crippen LogP contribution < -0.4 is 5.32 Å². The summed E-state index contributed by atoms with van der Waals surface area (Å²) in [4.78, 5) is 26.7. The molecule has 1 N–H and O–H groups in total. The van der Waals surface area contributed by atoms with Crippen molar-refractivity contribution in [3.63, 3.8) is 0 Å². The molecule has 2 heterocycles. The molecule has 0 unspecified atom stereocenters. The Kier molecular flexibility index (Phi) is 2.13. The van der Waals surface area contributed by atoms with Crippen molar-refractivity contribution in [2.75, 3.05) is 27.7 Å². The van der Waals surface area contributed by atoms with Crippen LogP contribution in [-0.2, 0) is 9.59 Å². The maximum absolute atomic E-state index is 12.0. The summed E-state index contributed by atoms with van der Waals surface area (Å²) in [6.07, 6.45) is 1.48. The monoisotopic (exact) mass is 211 g/mol. The number of fused-ring (bicyclic) bond motifs is 1. The first kappa shape index (κ1) is 9.95. The minimum Gasteiger partial charge on any atom is -0.333 e. The first-order chi connectivity index (χ1) is 7.02. The topological polar surface area (TPSA) is 55.7 Å². The number of rotatable bonds is 0. The van der Waals surface area contributed by atoms with E-state index in [-0.39, 0.29) is 30.6 Å². The molecule has 2 rings (SSSR count). The zero-order valence-electron chi connectivity index (χ0n) is 9.10. The largest absolute Gasteiger partial charge is 0.333 e. The summed E-state index contributed by atoms with van der Waals surface area (Å²) < 4.78 is 1.80. The third-order valence-corrected chi connectivity index (χ3v) is 3.00. The zero-order chi connectivity index (χ0) is 11.2. The summed E-state index contributed by atoms with van der Waals surface area (Å²) in [5.41, 5.74) is 0. The summed E-state index contributed by atoms with van der Waals surface area (Å²) in [6, 6.07) is -0.313. The maximum Gasteiger partial charge on any atom is 0.274 e. The molecule has 1 fully saturated rings. The van der Waals surface area contributed by atoms with E-state index in [0.717, 1.165) is 0 Å². The molecular weight excluding hydrogens is 196 g/mol. The van der Waals surface area contributed by atoms with Gasteiger partial charge in [-0.3, -0.25) is 19.5 Å². The number of nitrogens with one attached hydrogen (secondary N) is 1. The normalized spacial score (nSPS) is 31.0. The summed E-state index contributed by atoms with van der Waals surface area (Å²) in [5, 5.41) is 3.04. The van der Waals surface area contributed by atoms with Crippen molar-refractivity contribution in [2.45, 2.75) is 12.2 Å². The quantitative estimate of drug-likeness (QED) is 0.466. The molecule has 0 radical (unpaired) electrons. The molecule has 6 nitrogen and oxygen atoms in total. The van der Waals surface area contributed by atoms with Gasteiger partial charge in [0.15, 0.2) is 0 Å². The number of carbonyl (C=O) groups is 2. The summed E-state index contributed by atoms with van der Waals surface area (Å²) >= 11 is 0. The number of nitrogens with zero attached hydrogens (tertiary/aromatic N) is 3. The fourth-order valence-corrected chi connectivity index (χ4v) is 1.99. The third kappa shape index (κ3) is 1.36. The Balaban J connectivity index is 2.36. The van der Waals surface area contributed by atoms with Crippen LogP contribution in [0.3, 0.4) is 0 Å². The smallest absolute Gasteiger partial charge is 0.274 e. The number of carbonyl (C=O) groups excluding carboxylic acids is 2. The van der Waals surface area contributed by atoms with E-state index in [4.69, 9.17) is 0 Å². The Labute approximate surface area is 88.1 Å². The van der Waals surface area contributed by atoms with Crippen LogP contribution >= 0.6 is 0 Å². The van der Waals surface area contributed by atoms with Crippen molar-refractivity contribution in [3.8, 4) is 0 Å². The molecule has 2 amide bonds. The predicted molar refractivity (Wildman–Crippen MR) is 53.4 cm³/mol. The first-order valence-corrected chi connectivity index (χ1v) is 4.84. The van der Waals surface area contributed by atoms with Gasteiger partial charge in [0.05, 0.1) is 13.6 Å². The van der Waals surface area contributed by atoms with Crippen LogP contribution in [0.2, 0.25) is 0 Å². The Morgan fingerprint density at radius 1 is 1.47 bits per heavy atom. The molecule has 0 bridgehead atoms. The second-order valence-corrected chi connectivity index (χ2v) is 4.05. The molecule has 15 heavy (non-hydrogen) atoms. The number of likely N-dealkylation sites (N-methyl/N-ethyl adjacent to an activating group) is 3. The van der Waals surface area contributed by atoms with Crippen LogP contribution in [0.15, 0.2) is 0 Å². The molecule has 6 heteroatoms. The van der Waals surface area contributed by atoms with Crippen LogP contribution in [0.5, 0.6) is 0 Å². The average Bonchev–Trinajstić information content (AvgIpc) is 2.54. The Morgan fingerprint density at radius 2 is 2.13 bits per heavy atom. The SMILES string of the molecule is CN1CC(=O)N(C)[C@H]2NC=[N+](C)[C@H]2C1=O. The van der Waals surface area contributed by atoms with E-state index in [1.807, 2.05) is 7.05 Å². The Hall–Kier alpha value is -1.59. The average molecular weight is 211 g/mol. The maximum atomic E-state index is 12.0. The minimum atomic E-state index is -0.313. The van der Waals surface area contributed by atoms with Crippen molar-refractivity contribution in [1.29, 1.82) is 0 Å². The van der Waals surface area contributed by atoms with E-state index in [2.05, 4.69) is 5.32 Å². The van der Waals surface area contributed by atoms with Gasteiger partial charge in [-0.05, 0) is 0 Å². The molecule has 2 atom stereocenters. The lowest BCUT2D eigenvalue weighted by Crippen LogP contribution is -2.52.